The predicted octanol–water partition coefficient (Wildman–Crippen LogP) is 2.40. The smallest absolute Gasteiger partial charge is 0.160 e. The molecule has 0 aliphatic heterocycles. The van der Waals surface area contributed by atoms with E-state index in [1.54, 1.807) is 13.2 Å². The van der Waals surface area contributed by atoms with Crippen molar-refractivity contribution >= 4 is 5.78 Å². The second kappa shape index (κ2) is 5.48. The summed E-state index contributed by atoms with van der Waals surface area (Å²) in [6.07, 6.45) is 6.90. The van der Waals surface area contributed by atoms with E-state index in [0.29, 0.717) is 5.70 Å². The fourth-order valence-electron chi connectivity index (χ4n) is 2.18. The van der Waals surface area contributed by atoms with Crippen LogP contribution in [0.5, 0.6) is 0 Å². The van der Waals surface area contributed by atoms with E-state index in [-0.39, 0.29) is 17.3 Å². The summed E-state index contributed by atoms with van der Waals surface area (Å²) in [4.78, 5) is 11.6. The molecule has 0 bridgehead atoms. The minimum absolute atomic E-state index is 0.00366. The van der Waals surface area contributed by atoms with Gasteiger partial charge in [0.05, 0.1) is 0 Å². The summed E-state index contributed by atoms with van der Waals surface area (Å²) in [5.74, 6) is 0.0792. The van der Waals surface area contributed by atoms with Gasteiger partial charge in [-0.3, -0.25) is 4.79 Å². The Bertz CT molecular complexity index is 276. The number of methoxy groups -OCH3 is 1. The van der Waals surface area contributed by atoms with Crippen molar-refractivity contribution < 1.29 is 9.53 Å². The van der Waals surface area contributed by atoms with Crippen LogP contribution in [-0.4, -0.2) is 18.5 Å². The molecular formula is C13H23NO2. The maximum Gasteiger partial charge on any atom is 0.160 e. The lowest BCUT2D eigenvalue weighted by Gasteiger charge is -2.36. The number of ether oxygens (including phenoxy) is 1. The predicted molar refractivity (Wildman–Crippen MR) is 64.9 cm³/mol. The lowest BCUT2D eigenvalue weighted by molar-refractivity contribution is -0.117. The molecule has 0 atom stereocenters. The van der Waals surface area contributed by atoms with Crippen LogP contribution in [0.1, 0.15) is 46.0 Å². The highest BCUT2D eigenvalue weighted by Gasteiger charge is 2.34. The van der Waals surface area contributed by atoms with Crippen LogP contribution in [0.3, 0.4) is 0 Å². The summed E-state index contributed by atoms with van der Waals surface area (Å²) in [5.41, 5.74) is 6.27. The molecule has 1 saturated carbocycles. The number of allylic oxidation sites excluding steroid dienone is 1. The van der Waals surface area contributed by atoms with Crippen molar-refractivity contribution in [2.75, 3.05) is 7.11 Å². The van der Waals surface area contributed by atoms with Crippen LogP contribution in [-0.2, 0) is 9.53 Å². The van der Waals surface area contributed by atoms with E-state index in [9.17, 15) is 4.79 Å². The number of rotatable bonds is 4. The molecule has 1 aliphatic rings. The lowest BCUT2D eigenvalue weighted by atomic mass is 9.81. The third kappa shape index (κ3) is 2.85. The fraction of sp³-hybridized carbons (Fsp3) is 0.769. The van der Waals surface area contributed by atoms with E-state index in [2.05, 4.69) is 0 Å². The van der Waals surface area contributed by atoms with Gasteiger partial charge in [-0.1, -0.05) is 33.1 Å². The maximum absolute atomic E-state index is 11.6. The Balaban J connectivity index is 2.82. The first-order valence-corrected chi connectivity index (χ1v) is 6.08. The van der Waals surface area contributed by atoms with Gasteiger partial charge >= 0.3 is 0 Å². The standard InChI is InChI=1S/C13H23NO2/c1-10(2)11(15)9-12(14)13(16-3)7-5-4-6-8-13/h9-10H,4-8,14H2,1-3H3. The Labute approximate surface area is 98.0 Å². The number of hydrogen-bond donors (Lipinski definition) is 1. The normalized spacial score (nSPS) is 21.1. The molecule has 1 fully saturated rings. The van der Waals surface area contributed by atoms with Gasteiger partial charge in [-0.15, -0.1) is 0 Å². The molecule has 0 amide bonds. The zero-order valence-electron chi connectivity index (χ0n) is 10.6. The van der Waals surface area contributed by atoms with Crippen LogP contribution in [0.25, 0.3) is 0 Å². The molecule has 0 radical (unpaired) electrons. The summed E-state index contributed by atoms with van der Waals surface area (Å²) >= 11 is 0. The maximum atomic E-state index is 11.6. The number of ketones is 1. The molecule has 3 heteroatoms. The first-order chi connectivity index (χ1) is 7.52. The van der Waals surface area contributed by atoms with Gasteiger partial charge in [-0.05, 0) is 12.8 Å². The monoisotopic (exact) mass is 225 g/mol. The molecule has 1 aliphatic carbocycles. The van der Waals surface area contributed by atoms with Gasteiger partial charge in [0.25, 0.3) is 0 Å². The Morgan fingerprint density at radius 3 is 2.31 bits per heavy atom. The van der Waals surface area contributed by atoms with Crippen molar-refractivity contribution in [3.63, 3.8) is 0 Å². The second-order valence-electron chi connectivity index (χ2n) is 4.92. The van der Waals surface area contributed by atoms with Crippen LogP contribution in [0.15, 0.2) is 11.8 Å². The molecule has 0 aromatic heterocycles. The van der Waals surface area contributed by atoms with Gasteiger partial charge in [0, 0.05) is 24.8 Å². The zero-order valence-corrected chi connectivity index (χ0v) is 10.6. The largest absolute Gasteiger partial charge is 0.400 e. The average molecular weight is 225 g/mol. The van der Waals surface area contributed by atoms with Crippen LogP contribution in [0.4, 0.5) is 0 Å². The molecule has 0 saturated heterocycles. The van der Waals surface area contributed by atoms with Crippen molar-refractivity contribution in [1.29, 1.82) is 0 Å². The Morgan fingerprint density at radius 1 is 1.31 bits per heavy atom. The molecular weight excluding hydrogens is 202 g/mol. The minimum Gasteiger partial charge on any atom is -0.400 e. The highest BCUT2D eigenvalue weighted by atomic mass is 16.5. The number of carbonyl (C=O) groups excluding carboxylic acids is 1. The molecule has 2 N–H and O–H groups in total. The van der Waals surface area contributed by atoms with Crippen molar-refractivity contribution in [2.45, 2.75) is 51.6 Å². The van der Waals surface area contributed by atoms with Crippen LogP contribution < -0.4 is 5.73 Å². The highest BCUT2D eigenvalue weighted by molar-refractivity contribution is 5.91. The Kier molecular flexibility index (Phi) is 4.54. The molecule has 0 spiro atoms. The van der Waals surface area contributed by atoms with E-state index < -0.39 is 0 Å². The highest BCUT2D eigenvalue weighted by Crippen LogP contribution is 2.35. The number of hydrogen-bond acceptors (Lipinski definition) is 3. The molecule has 0 heterocycles. The molecule has 0 aromatic rings. The van der Waals surface area contributed by atoms with Gasteiger partial charge in [0.15, 0.2) is 5.78 Å². The molecule has 92 valence electrons. The average Bonchev–Trinajstić information content (AvgIpc) is 2.29. The SMILES string of the molecule is COC1(C(N)=CC(=O)C(C)C)CCCCC1. The Morgan fingerprint density at radius 2 is 1.88 bits per heavy atom. The van der Waals surface area contributed by atoms with Crippen LogP contribution in [0, 0.1) is 5.92 Å². The zero-order chi connectivity index (χ0) is 12.2. The molecule has 0 unspecified atom stereocenters. The van der Waals surface area contributed by atoms with E-state index in [0.717, 1.165) is 25.7 Å². The van der Waals surface area contributed by atoms with Gasteiger partial charge in [0.1, 0.15) is 5.60 Å². The van der Waals surface area contributed by atoms with Crippen molar-refractivity contribution in [3.8, 4) is 0 Å². The van der Waals surface area contributed by atoms with Crippen LogP contribution >= 0.6 is 0 Å². The molecule has 0 aromatic carbocycles. The number of nitrogens with two attached hydrogens (primary N) is 1. The summed E-state index contributed by atoms with van der Waals surface area (Å²) in [6.45, 7) is 3.76. The summed E-state index contributed by atoms with van der Waals surface area (Å²) < 4.78 is 5.58. The van der Waals surface area contributed by atoms with E-state index in [1.165, 1.54) is 6.42 Å². The fourth-order valence-corrected chi connectivity index (χ4v) is 2.18. The van der Waals surface area contributed by atoms with Gasteiger partial charge < -0.3 is 10.5 Å². The van der Waals surface area contributed by atoms with E-state index in [1.807, 2.05) is 13.8 Å². The second-order valence-corrected chi connectivity index (χ2v) is 4.92. The molecule has 16 heavy (non-hydrogen) atoms. The summed E-state index contributed by atoms with van der Waals surface area (Å²) in [5, 5.41) is 0. The third-order valence-electron chi connectivity index (χ3n) is 3.44. The van der Waals surface area contributed by atoms with Crippen LogP contribution in [0.2, 0.25) is 0 Å². The van der Waals surface area contributed by atoms with Crippen molar-refractivity contribution in [1.82, 2.24) is 0 Å². The van der Waals surface area contributed by atoms with Gasteiger partial charge in [-0.2, -0.15) is 0 Å². The summed E-state index contributed by atoms with van der Waals surface area (Å²) in [6, 6.07) is 0. The van der Waals surface area contributed by atoms with E-state index in [4.69, 9.17) is 10.5 Å². The summed E-state index contributed by atoms with van der Waals surface area (Å²) in [7, 11) is 1.69. The first-order valence-electron chi connectivity index (χ1n) is 6.08. The third-order valence-corrected chi connectivity index (χ3v) is 3.44. The van der Waals surface area contributed by atoms with Gasteiger partial charge in [0.2, 0.25) is 0 Å². The van der Waals surface area contributed by atoms with Crippen molar-refractivity contribution in [3.05, 3.63) is 11.8 Å². The number of carbonyl (C=O) groups is 1. The lowest BCUT2D eigenvalue weighted by Crippen LogP contribution is -2.40. The van der Waals surface area contributed by atoms with E-state index >= 15 is 0 Å². The van der Waals surface area contributed by atoms with Crippen molar-refractivity contribution in [2.24, 2.45) is 11.7 Å². The first kappa shape index (κ1) is 13.2. The minimum atomic E-state index is -0.386. The molecule has 3 nitrogen and oxygen atoms in total. The van der Waals surface area contributed by atoms with Gasteiger partial charge in [-0.25, -0.2) is 0 Å². The quantitative estimate of drug-likeness (QED) is 0.747. The Hall–Kier alpha value is -0.830. The topological polar surface area (TPSA) is 52.3 Å². The molecule has 1 rings (SSSR count).